The molecule has 25 heavy (non-hydrogen) atoms. The molecule has 1 aliphatic rings. The van der Waals surface area contributed by atoms with Crippen LogP contribution in [0.5, 0.6) is 11.7 Å². The molecule has 0 unspecified atom stereocenters. The zero-order valence-corrected chi connectivity index (χ0v) is 22.5. The van der Waals surface area contributed by atoms with Gasteiger partial charge < -0.3 is 19.2 Å². The molecule has 0 bridgehead atoms. The Kier molecular flexibility index (Phi) is 7.32. The highest BCUT2D eigenvalue weighted by molar-refractivity contribution is 9.40. The number of furan rings is 1. The fourth-order valence-electron chi connectivity index (χ4n) is 1.79. The first-order chi connectivity index (χ1) is 11.5. The van der Waals surface area contributed by atoms with Crippen LogP contribution in [0, 0.1) is 0 Å². The maximum atomic E-state index is 5.69. The van der Waals surface area contributed by atoms with Gasteiger partial charge in [0, 0.05) is 11.6 Å². The van der Waals surface area contributed by atoms with Crippen molar-refractivity contribution in [3.05, 3.63) is 17.6 Å². The minimum atomic E-state index is -0.789. The number of methoxy groups -OCH3 is 2. The van der Waals surface area contributed by atoms with Crippen molar-refractivity contribution in [2.24, 2.45) is 9.98 Å². The van der Waals surface area contributed by atoms with Crippen molar-refractivity contribution < 1.29 is 13.9 Å². The summed E-state index contributed by atoms with van der Waals surface area (Å²) in [6.45, 7) is 1.86. The molecular formula is C13H11Br6N3O3. The van der Waals surface area contributed by atoms with E-state index in [2.05, 4.69) is 111 Å². The van der Waals surface area contributed by atoms with Gasteiger partial charge in [-0.15, -0.1) is 0 Å². The smallest absolute Gasteiger partial charge is 0.328 e. The van der Waals surface area contributed by atoms with Crippen LogP contribution in [0.2, 0.25) is 0 Å². The first-order valence-electron chi connectivity index (χ1n) is 6.49. The van der Waals surface area contributed by atoms with Crippen molar-refractivity contribution in [1.29, 1.82) is 0 Å². The van der Waals surface area contributed by atoms with Crippen LogP contribution in [0.25, 0.3) is 5.57 Å². The number of amidine groups is 2. The number of allylic oxidation sites excluding steroid dienone is 1. The Hall–Kier alpha value is 0.640. The molecule has 2 heterocycles. The van der Waals surface area contributed by atoms with Crippen molar-refractivity contribution in [2.75, 3.05) is 14.2 Å². The van der Waals surface area contributed by atoms with E-state index in [4.69, 9.17) is 13.9 Å². The molecule has 0 fully saturated rings. The Bertz CT molecular complexity index is 737. The summed E-state index contributed by atoms with van der Waals surface area (Å²) in [5.41, 5.74) is 0.736. The number of nitrogens with one attached hydrogen (secondary N) is 1. The lowest BCUT2D eigenvalue weighted by molar-refractivity contribution is 0.277. The van der Waals surface area contributed by atoms with Crippen LogP contribution in [-0.4, -0.2) is 30.2 Å². The van der Waals surface area contributed by atoms with Gasteiger partial charge in [-0.25, -0.2) is 9.98 Å². The molecule has 0 radical (unpaired) electrons. The zero-order valence-electron chi connectivity index (χ0n) is 13.0. The molecule has 138 valence electrons. The maximum Gasteiger partial charge on any atom is 0.328 e. The van der Waals surface area contributed by atoms with Gasteiger partial charge in [-0.2, -0.15) is 0 Å². The van der Waals surface area contributed by atoms with E-state index < -0.39 is 4.29 Å². The highest BCUT2D eigenvalue weighted by Gasteiger charge is 2.35. The predicted octanol–water partition coefficient (Wildman–Crippen LogP) is 6.06. The van der Waals surface area contributed by atoms with E-state index in [0.29, 0.717) is 29.0 Å². The molecule has 0 saturated heterocycles. The number of hydrogen-bond acceptors (Lipinski definition) is 6. The normalized spacial score (nSPS) is 17.5. The first kappa shape index (κ1) is 21.9. The number of alkyl halides is 6. The van der Waals surface area contributed by atoms with Crippen molar-refractivity contribution in [3.63, 3.8) is 0 Å². The van der Waals surface area contributed by atoms with Gasteiger partial charge in [-0.3, -0.25) is 0 Å². The number of ether oxygens (including phenoxy) is 2. The first-order valence-corrected chi connectivity index (χ1v) is 11.2. The van der Waals surface area contributed by atoms with E-state index in [-0.39, 0.29) is 5.95 Å². The fraction of sp³-hybridized carbons (Fsp3) is 0.385. The fourth-order valence-corrected chi connectivity index (χ4v) is 2.88. The Morgan fingerprint density at radius 3 is 2.12 bits per heavy atom. The van der Waals surface area contributed by atoms with E-state index in [1.165, 1.54) is 7.11 Å². The Morgan fingerprint density at radius 1 is 1.04 bits per heavy atom. The van der Waals surface area contributed by atoms with Gasteiger partial charge in [0.05, 0.1) is 14.2 Å². The molecule has 0 saturated carbocycles. The minimum absolute atomic E-state index is 0.290. The van der Waals surface area contributed by atoms with Crippen LogP contribution in [0.15, 0.2) is 26.3 Å². The van der Waals surface area contributed by atoms with Crippen molar-refractivity contribution in [3.8, 4) is 11.7 Å². The lowest BCUT2D eigenvalue weighted by atomic mass is 10.2. The number of rotatable bonds is 3. The molecule has 1 aliphatic heterocycles. The summed E-state index contributed by atoms with van der Waals surface area (Å²) in [7, 11) is 3.06. The van der Waals surface area contributed by atoms with Gasteiger partial charge in [0.15, 0.2) is 10.1 Å². The number of halogens is 6. The van der Waals surface area contributed by atoms with Crippen molar-refractivity contribution in [2.45, 2.75) is 11.2 Å². The molecule has 0 spiro atoms. The molecule has 0 aromatic carbocycles. The van der Waals surface area contributed by atoms with Gasteiger partial charge in [-0.05, 0) is 6.92 Å². The average molecular weight is 737 g/mol. The predicted molar refractivity (Wildman–Crippen MR) is 121 cm³/mol. The largest absolute Gasteiger partial charge is 0.490 e. The topological polar surface area (TPSA) is 68.4 Å². The standard InChI is InChI=1S/C13H11Br6N3O3/c1-5(6-4-7(23-2)9(24-3)25-6)8-20-10(12(14,15)16)22-11(21-8)13(17,18)19/h4H,1-3H3,(H,20,21,22). The monoisotopic (exact) mass is 731 g/mol. The molecular weight excluding hydrogens is 726 g/mol. The van der Waals surface area contributed by atoms with Crippen LogP contribution in [0.3, 0.4) is 0 Å². The molecule has 1 aromatic rings. The van der Waals surface area contributed by atoms with E-state index in [1.807, 2.05) is 6.92 Å². The summed E-state index contributed by atoms with van der Waals surface area (Å²) in [5, 5.41) is 3.16. The third-order valence-electron chi connectivity index (χ3n) is 2.99. The maximum absolute atomic E-state index is 5.69. The van der Waals surface area contributed by atoms with E-state index in [9.17, 15) is 0 Å². The Balaban J connectivity index is 2.56. The molecule has 2 rings (SSSR count). The molecule has 0 amide bonds. The highest BCUT2D eigenvalue weighted by Crippen LogP contribution is 2.41. The van der Waals surface area contributed by atoms with Gasteiger partial charge >= 0.3 is 5.95 Å². The molecule has 6 nitrogen and oxygen atoms in total. The van der Waals surface area contributed by atoms with Crippen LogP contribution in [0.1, 0.15) is 12.7 Å². The average Bonchev–Trinajstić information content (AvgIpc) is 2.95. The molecule has 1 N–H and O–H groups in total. The zero-order chi connectivity index (χ0) is 19.0. The molecule has 0 atom stereocenters. The molecule has 0 aliphatic carbocycles. The van der Waals surface area contributed by atoms with Crippen LogP contribution < -0.4 is 14.8 Å². The molecule has 1 aromatic heterocycles. The molecule has 12 heteroatoms. The summed E-state index contributed by atoms with van der Waals surface area (Å²) in [6.07, 6.45) is 0. The van der Waals surface area contributed by atoms with E-state index in [1.54, 1.807) is 13.2 Å². The van der Waals surface area contributed by atoms with E-state index in [0.717, 1.165) is 5.57 Å². The van der Waals surface area contributed by atoms with Crippen LogP contribution in [0.4, 0.5) is 0 Å². The van der Waals surface area contributed by atoms with E-state index >= 15 is 0 Å². The third-order valence-corrected chi connectivity index (χ3v) is 5.18. The summed E-state index contributed by atoms with van der Waals surface area (Å²) < 4.78 is 14.5. The summed E-state index contributed by atoms with van der Waals surface area (Å²) >= 11 is 20.7. The second-order valence-electron chi connectivity index (χ2n) is 4.66. The summed E-state index contributed by atoms with van der Waals surface area (Å²) in [4.78, 5) is 9.00. The highest BCUT2D eigenvalue weighted by atomic mass is 80.0. The second kappa shape index (κ2) is 8.34. The van der Waals surface area contributed by atoms with Crippen molar-refractivity contribution >= 4 is 113 Å². The lowest BCUT2D eigenvalue weighted by Crippen LogP contribution is -2.39. The lowest BCUT2D eigenvalue weighted by Gasteiger charge is -2.25. The quantitative estimate of drug-likeness (QED) is 0.384. The van der Waals surface area contributed by atoms with Crippen LogP contribution in [-0.2, 0) is 0 Å². The number of nitrogens with zero attached hydrogens (tertiary/aromatic N) is 2. The Labute approximate surface area is 195 Å². The number of aliphatic imine (C=N–C) groups is 2. The SMILES string of the molecule is COc1cc(/C(C)=C2\N=C(C(Br)(Br)Br)N=C(C(Br)(Br)Br)N2)oc1OC. The van der Waals surface area contributed by atoms with Gasteiger partial charge in [0.1, 0.15) is 17.4 Å². The summed E-state index contributed by atoms with van der Waals surface area (Å²) in [5.74, 6) is 2.87. The van der Waals surface area contributed by atoms with Gasteiger partial charge in [0.2, 0.25) is 5.75 Å². The minimum Gasteiger partial charge on any atom is -0.490 e. The third kappa shape index (κ3) is 5.34. The van der Waals surface area contributed by atoms with Gasteiger partial charge in [-0.1, -0.05) is 95.6 Å². The number of hydrogen-bond donors (Lipinski definition) is 1. The Morgan fingerprint density at radius 2 is 1.68 bits per heavy atom. The van der Waals surface area contributed by atoms with Crippen LogP contribution >= 0.6 is 95.6 Å². The summed E-state index contributed by atoms with van der Waals surface area (Å²) in [6, 6.07) is 1.73. The van der Waals surface area contributed by atoms with Crippen molar-refractivity contribution in [1.82, 2.24) is 5.32 Å². The second-order valence-corrected chi connectivity index (χ2v) is 18.2. The van der Waals surface area contributed by atoms with Gasteiger partial charge in [0.25, 0.3) is 0 Å².